The molecule has 74 valence electrons. The third-order valence-corrected chi connectivity index (χ3v) is 1.72. The second-order valence-corrected chi connectivity index (χ2v) is 2.64. The van der Waals surface area contributed by atoms with Crippen molar-refractivity contribution < 1.29 is 40.6 Å². The molecule has 0 aromatic carbocycles. The summed E-state index contributed by atoms with van der Waals surface area (Å²) >= 11 is 0. The molecule has 0 radical (unpaired) electrons. The second kappa shape index (κ2) is 7.02. The molecule has 0 aromatic heterocycles. The van der Waals surface area contributed by atoms with E-state index in [4.69, 9.17) is 5.84 Å². The zero-order chi connectivity index (χ0) is 9.68. The molecular formula is C6H12N5NaO2. The second-order valence-electron chi connectivity index (χ2n) is 2.64. The molecule has 8 heteroatoms. The van der Waals surface area contributed by atoms with Crippen molar-refractivity contribution in [3.05, 3.63) is 0 Å². The standard InChI is InChI=1S/C6H11N5O2.Na.H/c7-9-6(13)11-10-5(12)4-2-1-3-8-4;;/h4,8H,1-3,7H2,(H,9,13);;/q;+1;-1/t4-;;/m0../s1. The predicted octanol–water partition coefficient (Wildman–Crippen LogP) is -3.58. The Kier molecular flexibility index (Phi) is 6.85. The minimum absolute atomic E-state index is 0. The quantitative estimate of drug-likeness (QED) is 0.136. The Hall–Kier alpha value is -0.340. The fourth-order valence-corrected chi connectivity index (χ4v) is 1.09. The first kappa shape index (κ1) is 13.7. The van der Waals surface area contributed by atoms with Gasteiger partial charge in [0.1, 0.15) is 0 Å². The molecule has 1 atom stereocenters. The number of hydrogen-bond acceptors (Lipinski definition) is 4. The van der Waals surface area contributed by atoms with Crippen LogP contribution in [0.25, 0.3) is 0 Å². The Morgan fingerprint density at radius 1 is 1.50 bits per heavy atom. The average molecular weight is 209 g/mol. The third kappa shape index (κ3) is 4.25. The number of azo groups is 1. The molecule has 0 saturated carbocycles. The summed E-state index contributed by atoms with van der Waals surface area (Å²) in [7, 11) is 0. The maximum absolute atomic E-state index is 11.1. The third-order valence-electron chi connectivity index (χ3n) is 1.72. The molecule has 7 nitrogen and oxygen atoms in total. The molecule has 1 heterocycles. The summed E-state index contributed by atoms with van der Waals surface area (Å²) in [5, 5.41) is 9.19. The van der Waals surface area contributed by atoms with Crippen molar-refractivity contribution in [3.8, 4) is 0 Å². The van der Waals surface area contributed by atoms with Crippen LogP contribution in [0.4, 0.5) is 4.79 Å². The monoisotopic (exact) mass is 209 g/mol. The van der Waals surface area contributed by atoms with E-state index in [-0.39, 0.29) is 37.0 Å². The van der Waals surface area contributed by atoms with Crippen LogP contribution in [-0.2, 0) is 4.79 Å². The molecule has 1 rings (SSSR count). The zero-order valence-corrected chi connectivity index (χ0v) is 9.99. The number of rotatable bonds is 1. The number of carbonyl (C=O) groups is 2. The number of amides is 3. The smallest absolute Gasteiger partial charge is 1.00 e. The number of carbonyl (C=O) groups excluding carboxylic acids is 2. The van der Waals surface area contributed by atoms with E-state index in [2.05, 4.69) is 15.5 Å². The summed E-state index contributed by atoms with van der Waals surface area (Å²) in [6, 6.07) is -1.12. The van der Waals surface area contributed by atoms with Gasteiger partial charge in [0.2, 0.25) is 0 Å². The summed E-state index contributed by atoms with van der Waals surface area (Å²) in [5.41, 5.74) is 1.74. The summed E-state index contributed by atoms with van der Waals surface area (Å²) in [5.74, 6) is 4.30. The van der Waals surface area contributed by atoms with Gasteiger partial charge in [-0.05, 0) is 19.4 Å². The summed E-state index contributed by atoms with van der Waals surface area (Å²) in [4.78, 5) is 21.6. The molecule has 0 bridgehead atoms. The summed E-state index contributed by atoms with van der Waals surface area (Å²) in [6.45, 7) is 0.801. The van der Waals surface area contributed by atoms with E-state index >= 15 is 0 Å². The molecule has 3 amide bonds. The van der Waals surface area contributed by atoms with E-state index in [0.717, 1.165) is 19.4 Å². The summed E-state index contributed by atoms with van der Waals surface area (Å²) in [6.07, 6.45) is 1.68. The molecule has 1 fully saturated rings. The van der Waals surface area contributed by atoms with Gasteiger partial charge in [0.05, 0.1) is 6.04 Å². The molecule has 0 aliphatic carbocycles. The van der Waals surface area contributed by atoms with Crippen LogP contribution in [0.2, 0.25) is 0 Å². The number of nitrogens with two attached hydrogens (primary N) is 1. The molecule has 0 unspecified atom stereocenters. The molecule has 1 aliphatic rings. The van der Waals surface area contributed by atoms with Gasteiger partial charge in [-0.1, -0.05) is 5.11 Å². The number of nitrogens with one attached hydrogen (secondary N) is 2. The molecule has 1 aliphatic heterocycles. The Morgan fingerprint density at radius 3 is 2.71 bits per heavy atom. The number of hydrazine groups is 1. The normalized spacial score (nSPS) is 20.5. The van der Waals surface area contributed by atoms with Gasteiger partial charge in [0, 0.05) is 0 Å². The number of nitrogens with zero attached hydrogens (tertiary/aromatic N) is 2. The van der Waals surface area contributed by atoms with Crippen LogP contribution in [0.15, 0.2) is 10.2 Å². The molecule has 0 spiro atoms. The van der Waals surface area contributed by atoms with Crippen LogP contribution in [0.3, 0.4) is 0 Å². The fourth-order valence-electron chi connectivity index (χ4n) is 1.09. The first-order chi connectivity index (χ1) is 6.24. The molecule has 1 saturated heterocycles. The Balaban J connectivity index is 0. The van der Waals surface area contributed by atoms with E-state index in [1.54, 1.807) is 5.43 Å². The average Bonchev–Trinajstić information content (AvgIpc) is 2.66. The van der Waals surface area contributed by atoms with Crippen LogP contribution in [0.1, 0.15) is 14.3 Å². The van der Waals surface area contributed by atoms with Crippen molar-refractivity contribution in [3.63, 3.8) is 0 Å². The van der Waals surface area contributed by atoms with E-state index < -0.39 is 11.9 Å². The van der Waals surface area contributed by atoms with Gasteiger partial charge < -0.3 is 6.74 Å². The van der Waals surface area contributed by atoms with Crippen LogP contribution >= 0.6 is 0 Å². The zero-order valence-electron chi connectivity index (χ0n) is 8.99. The van der Waals surface area contributed by atoms with Crippen molar-refractivity contribution in [2.45, 2.75) is 18.9 Å². The van der Waals surface area contributed by atoms with Gasteiger partial charge >= 0.3 is 35.6 Å². The van der Waals surface area contributed by atoms with Crippen LogP contribution in [-0.4, -0.2) is 24.5 Å². The van der Waals surface area contributed by atoms with Crippen molar-refractivity contribution in [1.82, 2.24) is 10.7 Å². The fraction of sp³-hybridized carbons (Fsp3) is 0.667. The SMILES string of the molecule is NNC(=O)N=NC(=O)[C@@H]1CCCN1.[H-].[Na+]. The number of urea groups is 1. The van der Waals surface area contributed by atoms with Gasteiger partial charge in [0.15, 0.2) is 0 Å². The van der Waals surface area contributed by atoms with Crippen molar-refractivity contribution in [1.29, 1.82) is 0 Å². The predicted molar refractivity (Wildman–Crippen MR) is 44.7 cm³/mol. The van der Waals surface area contributed by atoms with Gasteiger partial charge in [-0.25, -0.2) is 10.6 Å². The van der Waals surface area contributed by atoms with E-state index in [9.17, 15) is 9.59 Å². The van der Waals surface area contributed by atoms with Crippen molar-refractivity contribution in [2.24, 2.45) is 16.1 Å². The van der Waals surface area contributed by atoms with Gasteiger partial charge in [-0.15, -0.1) is 5.11 Å². The molecule has 4 N–H and O–H groups in total. The Morgan fingerprint density at radius 2 is 2.21 bits per heavy atom. The van der Waals surface area contributed by atoms with Gasteiger partial charge in [-0.3, -0.25) is 10.2 Å². The van der Waals surface area contributed by atoms with Crippen LogP contribution < -0.4 is 46.1 Å². The topological polar surface area (TPSA) is 109 Å². The van der Waals surface area contributed by atoms with Crippen LogP contribution in [0, 0.1) is 0 Å². The molecular weight excluding hydrogens is 197 g/mol. The van der Waals surface area contributed by atoms with Gasteiger partial charge in [0.25, 0.3) is 5.91 Å². The largest absolute Gasteiger partial charge is 1.00 e. The Bertz CT molecular complexity index is 244. The Labute approximate surface area is 105 Å². The van der Waals surface area contributed by atoms with E-state index in [0.29, 0.717) is 0 Å². The minimum atomic E-state index is -0.827. The van der Waals surface area contributed by atoms with E-state index in [1.807, 2.05) is 0 Å². The first-order valence-corrected chi connectivity index (χ1v) is 3.93. The van der Waals surface area contributed by atoms with Gasteiger partial charge in [-0.2, -0.15) is 0 Å². The van der Waals surface area contributed by atoms with Crippen molar-refractivity contribution in [2.75, 3.05) is 6.54 Å². The molecule has 0 aromatic rings. The maximum atomic E-state index is 11.1. The minimum Gasteiger partial charge on any atom is -1.00 e. The van der Waals surface area contributed by atoms with Crippen molar-refractivity contribution >= 4 is 11.9 Å². The van der Waals surface area contributed by atoms with Crippen LogP contribution in [0.5, 0.6) is 0 Å². The molecule has 14 heavy (non-hydrogen) atoms. The first-order valence-electron chi connectivity index (χ1n) is 3.93. The summed E-state index contributed by atoms with van der Waals surface area (Å²) < 4.78 is 0. The maximum Gasteiger partial charge on any atom is 1.00 e. The van der Waals surface area contributed by atoms with E-state index in [1.165, 1.54) is 0 Å². The number of hydrogen-bond donors (Lipinski definition) is 3.